The van der Waals surface area contributed by atoms with Crippen LogP contribution in [-0.4, -0.2) is 10.2 Å². The molecule has 3 aromatic rings. The zero-order valence-electron chi connectivity index (χ0n) is 8.57. The molecule has 77 valence electrons. The number of hydrogen-bond donors (Lipinski definition) is 2. The van der Waals surface area contributed by atoms with E-state index in [0.29, 0.717) is 5.82 Å². The minimum atomic E-state index is 0.518. The highest BCUT2D eigenvalue weighted by Crippen LogP contribution is 2.28. The number of H-pyrrole nitrogens is 1. The molecule has 0 spiro atoms. The summed E-state index contributed by atoms with van der Waals surface area (Å²) in [7, 11) is 0. The highest BCUT2D eigenvalue weighted by atomic mass is 15.1. The number of nitrogens with zero attached hydrogens (tertiary/aromatic N) is 1. The van der Waals surface area contributed by atoms with Crippen molar-refractivity contribution < 1.29 is 0 Å². The minimum Gasteiger partial charge on any atom is -0.382 e. The van der Waals surface area contributed by atoms with Crippen LogP contribution in [0.1, 0.15) is 0 Å². The fourth-order valence-electron chi connectivity index (χ4n) is 1.84. The number of nitrogen functional groups attached to an aromatic ring is 1. The summed E-state index contributed by atoms with van der Waals surface area (Å²) in [6.07, 6.45) is 0. The van der Waals surface area contributed by atoms with Crippen LogP contribution >= 0.6 is 0 Å². The molecule has 0 fully saturated rings. The van der Waals surface area contributed by atoms with Crippen molar-refractivity contribution in [2.75, 3.05) is 5.73 Å². The van der Waals surface area contributed by atoms with E-state index in [9.17, 15) is 0 Å². The monoisotopic (exact) mass is 208 g/mol. The number of aromatic nitrogens is 2. The zero-order chi connectivity index (χ0) is 11.0. The van der Waals surface area contributed by atoms with Gasteiger partial charge in [-0.1, -0.05) is 30.3 Å². The van der Waals surface area contributed by atoms with E-state index in [-0.39, 0.29) is 0 Å². The van der Waals surface area contributed by atoms with Gasteiger partial charge in [0, 0.05) is 10.9 Å². The van der Waals surface area contributed by atoms with E-state index in [1.54, 1.807) is 0 Å². The van der Waals surface area contributed by atoms with Crippen LogP contribution in [0, 0.1) is 6.07 Å². The first-order valence-corrected chi connectivity index (χ1v) is 5.05. The fraction of sp³-hybridized carbons (Fsp3) is 0. The lowest BCUT2D eigenvalue weighted by Gasteiger charge is -2.02. The second-order valence-corrected chi connectivity index (χ2v) is 3.63. The SMILES string of the molecule is Nc1n[nH]c2c(-c3ccccc3)c[c]cc12. The molecule has 0 aliphatic rings. The predicted molar refractivity (Wildman–Crippen MR) is 64.8 cm³/mol. The first kappa shape index (κ1) is 8.97. The quantitative estimate of drug-likeness (QED) is 0.645. The molecule has 0 saturated heterocycles. The fourth-order valence-corrected chi connectivity index (χ4v) is 1.84. The van der Waals surface area contributed by atoms with Crippen molar-refractivity contribution in [1.29, 1.82) is 0 Å². The van der Waals surface area contributed by atoms with Gasteiger partial charge in [0.25, 0.3) is 0 Å². The molecule has 0 aliphatic heterocycles. The van der Waals surface area contributed by atoms with Crippen molar-refractivity contribution in [1.82, 2.24) is 10.2 Å². The van der Waals surface area contributed by atoms with Crippen LogP contribution in [0.2, 0.25) is 0 Å². The van der Waals surface area contributed by atoms with Crippen molar-refractivity contribution in [2.45, 2.75) is 0 Å². The molecule has 0 unspecified atom stereocenters. The molecule has 1 heterocycles. The molecule has 3 heteroatoms. The Labute approximate surface area is 92.9 Å². The Balaban J connectivity index is 2.32. The third kappa shape index (κ3) is 1.26. The molecule has 0 amide bonds. The molecular formula is C13H10N3. The number of nitrogens with two attached hydrogens (primary N) is 1. The van der Waals surface area contributed by atoms with Gasteiger partial charge in [0.2, 0.25) is 0 Å². The van der Waals surface area contributed by atoms with E-state index >= 15 is 0 Å². The lowest BCUT2D eigenvalue weighted by atomic mass is 10.0. The van der Waals surface area contributed by atoms with Crippen molar-refractivity contribution >= 4 is 16.7 Å². The molecule has 2 aromatic carbocycles. The first-order valence-electron chi connectivity index (χ1n) is 5.05. The van der Waals surface area contributed by atoms with E-state index in [2.05, 4.69) is 28.4 Å². The van der Waals surface area contributed by atoms with Gasteiger partial charge in [-0.3, -0.25) is 5.10 Å². The summed E-state index contributed by atoms with van der Waals surface area (Å²) in [5, 5.41) is 7.89. The Morgan fingerprint density at radius 1 is 1.12 bits per heavy atom. The summed E-state index contributed by atoms with van der Waals surface area (Å²) >= 11 is 0. The zero-order valence-corrected chi connectivity index (χ0v) is 8.57. The number of nitrogens with one attached hydrogen (secondary N) is 1. The van der Waals surface area contributed by atoms with Gasteiger partial charge < -0.3 is 5.73 Å². The molecule has 0 aliphatic carbocycles. The Morgan fingerprint density at radius 2 is 1.94 bits per heavy atom. The molecule has 1 radical (unpaired) electrons. The number of rotatable bonds is 1. The third-order valence-electron chi connectivity index (χ3n) is 2.64. The minimum absolute atomic E-state index is 0.518. The molecule has 0 atom stereocenters. The van der Waals surface area contributed by atoms with Gasteiger partial charge >= 0.3 is 0 Å². The Hall–Kier alpha value is -2.29. The summed E-state index contributed by atoms with van der Waals surface area (Å²) in [4.78, 5) is 0. The smallest absolute Gasteiger partial charge is 0.153 e. The van der Waals surface area contributed by atoms with Crippen molar-refractivity contribution in [3.63, 3.8) is 0 Å². The molecule has 3 nitrogen and oxygen atoms in total. The third-order valence-corrected chi connectivity index (χ3v) is 2.64. The average molecular weight is 208 g/mol. The van der Waals surface area contributed by atoms with Gasteiger partial charge in [0.15, 0.2) is 5.82 Å². The first-order chi connectivity index (χ1) is 7.86. The van der Waals surface area contributed by atoms with Gasteiger partial charge in [0.05, 0.1) is 5.52 Å². The standard InChI is InChI=1S/C13H10N3/c14-13-11-8-4-7-10(12(11)15-16-13)9-5-2-1-3-6-9/h1-3,5-8H,(H3,14,15,16). The summed E-state index contributed by atoms with van der Waals surface area (Å²) in [5.41, 5.74) is 8.93. The van der Waals surface area contributed by atoms with Crippen LogP contribution < -0.4 is 5.73 Å². The Bertz CT molecular complexity index is 626. The second-order valence-electron chi connectivity index (χ2n) is 3.63. The van der Waals surface area contributed by atoms with E-state index < -0.39 is 0 Å². The van der Waals surface area contributed by atoms with E-state index in [1.807, 2.05) is 30.3 Å². The van der Waals surface area contributed by atoms with Crippen LogP contribution in [0.5, 0.6) is 0 Å². The normalized spacial score (nSPS) is 10.8. The second kappa shape index (κ2) is 3.38. The molecule has 0 saturated carbocycles. The number of aromatic amines is 1. The Kier molecular flexibility index (Phi) is 1.90. The maximum atomic E-state index is 5.76. The Morgan fingerprint density at radius 3 is 2.75 bits per heavy atom. The topological polar surface area (TPSA) is 54.7 Å². The summed E-state index contributed by atoms with van der Waals surface area (Å²) in [6, 6.07) is 17.0. The van der Waals surface area contributed by atoms with Crippen molar-refractivity contribution in [3.8, 4) is 11.1 Å². The highest BCUT2D eigenvalue weighted by molar-refractivity contribution is 5.98. The number of anilines is 1. The van der Waals surface area contributed by atoms with Gasteiger partial charge in [-0.15, -0.1) is 0 Å². The number of hydrogen-bond acceptors (Lipinski definition) is 2. The highest BCUT2D eigenvalue weighted by Gasteiger charge is 2.07. The van der Waals surface area contributed by atoms with Gasteiger partial charge in [0.1, 0.15) is 0 Å². The summed E-state index contributed by atoms with van der Waals surface area (Å²) in [6.45, 7) is 0. The maximum absolute atomic E-state index is 5.76. The van der Waals surface area contributed by atoms with Gasteiger partial charge in [-0.2, -0.15) is 5.10 Å². The average Bonchev–Trinajstić information content (AvgIpc) is 2.73. The van der Waals surface area contributed by atoms with Crippen LogP contribution in [0.25, 0.3) is 22.0 Å². The summed E-state index contributed by atoms with van der Waals surface area (Å²) < 4.78 is 0. The lowest BCUT2D eigenvalue weighted by molar-refractivity contribution is 1.13. The molecule has 16 heavy (non-hydrogen) atoms. The largest absolute Gasteiger partial charge is 0.382 e. The van der Waals surface area contributed by atoms with Crippen molar-refractivity contribution in [2.24, 2.45) is 0 Å². The molecule has 1 aromatic heterocycles. The van der Waals surface area contributed by atoms with Crippen LogP contribution in [0.4, 0.5) is 5.82 Å². The predicted octanol–water partition coefficient (Wildman–Crippen LogP) is 2.61. The van der Waals surface area contributed by atoms with Crippen LogP contribution in [-0.2, 0) is 0 Å². The van der Waals surface area contributed by atoms with E-state index in [0.717, 1.165) is 22.0 Å². The van der Waals surface area contributed by atoms with Crippen LogP contribution in [0.3, 0.4) is 0 Å². The van der Waals surface area contributed by atoms with Gasteiger partial charge in [-0.05, 0) is 23.8 Å². The molecule has 0 bridgehead atoms. The summed E-state index contributed by atoms with van der Waals surface area (Å²) in [5.74, 6) is 0.518. The van der Waals surface area contributed by atoms with E-state index in [1.165, 1.54) is 0 Å². The van der Waals surface area contributed by atoms with Crippen LogP contribution in [0.15, 0.2) is 42.5 Å². The number of fused-ring (bicyclic) bond motifs is 1. The molecular weight excluding hydrogens is 198 g/mol. The molecule has 3 rings (SSSR count). The van der Waals surface area contributed by atoms with Crippen molar-refractivity contribution in [3.05, 3.63) is 48.5 Å². The lowest BCUT2D eigenvalue weighted by Crippen LogP contribution is -1.83. The van der Waals surface area contributed by atoms with Gasteiger partial charge in [-0.25, -0.2) is 0 Å². The number of benzene rings is 2. The molecule has 3 N–H and O–H groups in total. The van der Waals surface area contributed by atoms with E-state index in [4.69, 9.17) is 5.73 Å². The maximum Gasteiger partial charge on any atom is 0.153 e.